The summed E-state index contributed by atoms with van der Waals surface area (Å²) in [6, 6.07) is 23.0. The molecule has 0 radical (unpaired) electrons. The highest BCUT2D eigenvalue weighted by Crippen LogP contribution is 2.21. The number of halogens is 1. The van der Waals surface area contributed by atoms with Crippen LogP contribution in [0.25, 0.3) is 0 Å². The lowest BCUT2D eigenvalue weighted by Crippen LogP contribution is -2.11. The second-order valence-electron chi connectivity index (χ2n) is 6.54. The van der Waals surface area contributed by atoms with E-state index >= 15 is 0 Å². The molecule has 0 aliphatic carbocycles. The van der Waals surface area contributed by atoms with Gasteiger partial charge in [0, 0.05) is 10.6 Å². The Balaban J connectivity index is 1.88. The minimum atomic E-state index is 0.443. The van der Waals surface area contributed by atoms with Gasteiger partial charge in [0.1, 0.15) is 11.5 Å². The number of aryl methyl sites for hydroxylation is 2. The Labute approximate surface area is 170 Å². The summed E-state index contributed by atoms with van der Waals surface area (Å²) in [6.45, 7) is 5.97. The summed E-state index contributed by atoms with van der Waals surface area (Å²) >= 11 is 6.08. The molecule has 3 aromatic carbocycles. The molecular formula is C24H22ClNO2. The van der Waals surface area contributed by atoms with Gasteiger partial charge in [0.25, 0.3) is 0 Å². The Morgan fingerprint density at radius 1 is 0.857 bits per heavy atom. The molecule has 0 aromatic heterocycles. The van der Waals surface area contributed by atoms with E-state index in [0.717, 1.165) is 17.0 Å². The monoisotopic (exact) mass is 391 g/mol. The van der Waals surface area contributed by atoms with E-state index in [-0.39, 0.29) is 0 Å². The molecule has 0 atom stereocenters. The average Bonchev–Trinajstić information content (AvgIpc) is 2.68. The molecule has 0 saturated heterocycles. The third kappa shape index (κ3) is 5.73. The van der Waals surface area contributed by atoms with Gasteiger partial charge in [-0.15, -0.1) is 0 Å². The molecule has 0 aliphatic heterocycles. The third-order valence-corrected chi connectivity index (χ3v) is 4.24. The number of rotatable bonds is 5. The molecule has 0 saturated carbocycles. The van der Waals surface area contributed by atoms with Crippen molar-refractivity contribution in [3.63, 3.8) is 0 Å². The predicted molar refractivity (Wildman–Crippen MR) is 116 cm³/mol. The van der Waals surface area contributed by atoms with E-state index in [2.05, 4.69) is 4.99 Å². The van der Waals surface area contributed by atoms with Crippen LogP contribution in [-0.4, -0.2) is 5.90 Å². The van der Waals surface area contributed by atoms with Gasteiger partial charge < -0.3 is 9.47 Å². The zero-order valence-electron chi connectivity index (χ0n) is 16.1. The van der Waals surface area contributed by atoms with Gasteiger partial charge in [-0.05, 0) is 63.2 Å². The van der Waals surface area contributed by atoms with Crippen LogP contribution in [0.4, 0.5) is 5.69 Å². The molecule has 4 heteroatoms. The van der Waals surface area contributed by atoms with E-state index in [1.54, 1.807) is 18.4 Å². The van der Waals surface area contributed by atoms with Gasteiger partial charge >= 0.3 is 0 Å². The molecule has 0 fully saturated rings. The van der Waals surface area contributed by atoms with E-state index in [9.17, 15) is 0 Å². The van der Waals surface area contributed by atoms with Crippen LogP contribution >= 0.6 is 11.6 Å². The number of hydrogen-bond acceptors (Lipinski definition) is 3. The van der Waals surface area contributed by atoms with Gasteiger partial charge in [0.15, 0.2) is 0 Å². The molecule has 0 bridgehead atoms. The SMILES string of the molecule is C/C(=C\Oc1ccc(C)cc1)C(=Nc1ccc(C)cc1)Oc1cccc(Cl)c1. The van der Waals surface area contributed by atoms with Crippen LogP contribution in [0.1, 0.15) is 18.1 Å². The summed E-state index contributed by atoms with van der Waals surface area (Å²) in [5.41, 5.74) is 3.90. The molecule has 0 spiro atoms. The van der Waals surface area contributed by atoms with Crippen molar-refractivity contribution < 1.29 is 9.47 Å². The van der Waals surface area contributed by atoms with Crippen molar-refractivity contribution in [2.24, 2.45) is 4.99 Å². The van der Waals surface area contributed by atoms with Crippen molar-refractivity contribution >= 4 is 23.2 Å². The fourth-order valence-electron chi connectivity index (χ4n) is 2.39. The average molecular weight is 392 g/mol. The Kier molecular flexibility index (Phi) is 6.51. The van der Waals surface area contributed by atoms with E-state index < -0.39 is 0 Å². The van der Waals surface area contributed by atoms with E-state index in [1.807, 2.05) is 81.4 Å². The zero-order valence-corrected chi connectivity index (χ0v) is 16.9. The van der Waals surface area contributed by atoms with Gasteiger partial charge in [-0.2, -0.15) is 0 Å². The number of aliphatic imine (C=N–C) groups is 1. The lowest BCUT2D eigenvalue weighted by Gasteiger charge is -2.11. The van der Waals surface area contributed by atoms with Crippen LogP contribution in [0.5, 0.6) is 11.5 Å². The summed E-state index contributed by atoms with van der Waals surface area (Å²) in [7, 11) is 0. The second-order valence-corrected chi connectivity index (χ2v) is 6.98. The van der Waals surface area contributed by atoms with Gasteiger partial charge in [-0.25, -0.2) is 4.99 Å². The van der Waals surface area contributed by atoms with Crippen molar-refractivity contribution in [1.29, 1.82) is 0 Å². The van der Waals surface area contributed by atoms with Crippen molar-refractivity contribution in [1.82, 2.24) is 0 Å². The Morgan fingerprint density at radius 3 is 2.14 bits per heavy atom. The molecule has 0 N–H and O–H groups in total. The molecule has 28 heavy (non-hydrogen) atoms. The topological polar surface area (TPSA) is 30.8 Å². The van der Waals surface area contributed by atoms with E-state index in [1.165, 1.54) is 11.1 Å². The van der Waals surface area contributed by atoms with Crippen molar-refractivity contribution in [3.8, 4) is 11.5 Å². The lowest BCUT2D eigenvalue weighted by molar-refractivity contribution is 0.473. The first-order valence-electron chi connectivity index (χ1n) is 8.99. The van der Waals surface area contributed by atoms with Crippen LogP contribution in [0, 0.1) is 13.8 Å². The highest BCUT2D eigenvalue weighted by Gasteiger charge is 2.08. The highest BCUT2D eigenvalue weighted by molar-refractivity contribution is 6.30. The summed E-state index contributed by atoms with van der Waals surface area (Å²) < 4.78 is 11.8. The van der Waals surface area contributed by atoms with Gasteiger partial charge in [0.05, 0.1) is 11.9 Å². The fourth-order valence-corrected chi connectivity index (χ4v) is 2.57. The molecule has 3 nitrogen and oxygen atoms in total. The molecule has 0 unspecified atom stereocenters. The van der Waals surface area contributed by atoms with Crippen LogP contribution in [0.2, 0.25) is 5.02 Å². The van der Waals surface area contributed by atoms with Crippen LogP contribution < -0.4 is 9.47 Å². The molecule has 0 amide bonds. The zero-order chi connectivity index (χ0) is 19.9. The van der Waals surface area contributed by atoms with Gasteiger partial charge in [-0.1, -0.05) is 53.1 Å². The van der Waals surface area contributed by atoms with Crippen molar-refractivity contribution in [3.05, 3.63) is 101 Å². The summed E-state index contributed by atoms with van der Waals surface area (Å²) in [4.78, 5) is 4.65. The standard InChI is InChI=1S/C24H22ClNO2/c1-17-7-11-21(12-8-17)26-24(28-23-6-4-5-20(25)15-23)19(3)16-27-22-13-9-18(2)10-14-22/h4-16H,1-3H3/b19-16+,26-24?. The Hall–Kier alpha value is -3.04. The molecule has 0 aliphatic rings. The normalized spacial score (nSPS) is 12.0. The first kappa shape index (κ1) is 19.7. The minimum Gasteiger partial charge on any atom is -0.465 e. The second kappa shape index (κ2) is 9.25. The van der Waals surface area contributed by atoms with E-state index in [0.29, 0.717) is 16.7 Å². The fraction of sp³-hybridized carbons (Fsp3) is 0.125. The lowest BCUT2D eigenvalue weighted by atomic mass is 10.2. The number of ether oxygens (including phenoxy) is 2. The highest BCUT2D eigenvalue weighted by atomic mass is 35.5. The third-order valence-electron chi connectivity index (χ3n) is 4.01. The summed E-state index contributed by atoms with van der Waals surface area (Å²) in [5, 5.41) is 0.602. The summed E-state index contributed by atoms with van der Waals surface area (Å²) in [6.07, 6.45) is 1.64. The quantitative estimate of drug-likeness (QED) is 0.265. The van der Waals surface area contributed by atoms with Gasteiger partial charge in [0.2, 0.25) is 5.90 Å². The van der Waals surface area contributed by atoms with Gasteiger partial charge in [-0.3, -0.25) is 0 Å². The molecule has 142 valence electrons. The smallest absolute Gasteiger partial charge is 0.225 e. The maximum atomic E-state index is 6.08. The van der Waals surface area contributed by atoms with E-state index in [4.69, 9.17) is 21.1 Å². The molecular weight excluding hydrogens is 370 g/mol. The minimum absolute atomic E-state index is 0.443. The predicted octanol–water partition coefficient (Wildman–Crippen LogP) is 7.05. The molecule has 0 heterocycles. The number of hydrogen-bond donors (Lipinski definition) is 0. The molecule has 3 aromatic rings. The molecule has 3 rings (SSSR count). The Morgan fingerprint density at radius 2 is 1.50 bits per heavy atom. The van der Waals surface area contributed by atoms with Crippen molar-refractivity contribution in [2.75, 3.05) is 0 Å². The summed E-state index contributed by atoms with van der Waals surface area (Å²) in [5.74, 6) is 1.81. The van der Waals surface area contributed by atoms with Crippen LogP contribution in [-0.2, 0) is 0 Å². The Bertz CT molecular complexity index is 990. The van der Waals surface area contributed by atoms with Crippen LogP contribution in [0.15, 0.2) is 89.6 Å². The first-order valence-corrected chi connectivity index (χ1v) is 9.37. The first-order chi connectivity index (χ1) is 13.5. The maximum Gasteiger partial charge on any atom is 0.225 e. The number of nitrogens with zero attached hydrogens (tertiary/aromatic N) is 1. The maximum absolute atomic E-state index is 6.08. The van der Waals surface area contributed by atoms with Crippen LogP contribution in [0.3, 0.4) is 0 Å². The number of benzene rings is 3. The van der Waals surface area contributed by atoms with Crippen molar-refractivity contribution in [2.45, 2.75) is 20.8 Å². The largest absolute Gasteiger partial charge is 0.465 e.